The lowest BCUT2D eigenvalue weighted by Gasteiger charge is -2.18. The van der Waals surface area contributed by atoms with E-state index in [0.717, 1.165) is 77.0 Å². The van der Waals surface area contributed by atoms with Gasteiger partial charge in [-0.15, -0.1) is 0 Å². The Labute approximate surface area is 378 Å². The van der Waals surface area contributed by atoms with Crippen LogP contribution in [0.2, 0.25) is 0 Å². The maximum atomic E-state index is 12.8. The van der Waals surface area contributed by atoms with Crippen molar-refractivity contribution in [2.75, 3.05) is 13.2 Å². The lowest BCUT2D eigenvalue weighted by molar-refractivity contribution is -0.167. The maximum absolute atomic E-state index is 12.8. The van der Waals surface area contributed by atoms with E-state index < -0.39 is 6.10 Å². The number of unbranched alkanes of at least 4 members (excludes halogenated alkanes) is 31. The summed E-state index contributed by atoms with van der Waals surface area (Å²) in [6.07, 6.45) is 58.3. The van der Waals surface area contributed by atoms with Gasteiger partial charge in [-0.2, -0.15) is 0 Å². The van der Waals surface area contributed by atoms with Crippen LogP contribution in [0.5, 0.6) is 0 Å². The van der Waals surface area contributed by atoms with Crippen molar-refractivity contribution in [2.45, 2.75) is 284 Å². The molecule has 1 atom stereocenters. The maximum Gasteiger partial charge on any atom is 0.306 e. The van der Waals surface area contributed by atoms with Gasteiger partial charge in [-0.05, 0) is 77.0 Å². The Balaban J connectivity index is 4.37. The topological polar surface area (TPSA) is 78.9 Å². The van der Waals surface area contributed by atoms with Gasteiger partial charge in [0.25, 0.3) is 0 Å². The van der Waals surface area contributed by atoms with Gasteiger partial charge in [0.2, 0.25) is 0 Å². The van der Waals surface area contributed by atoms with Crippen molar-refractivity contribution >= 4 is 17.9 Å². The summed E-state index contributed by atoms with van der Waals surface area (Å²) >= 11 is 0. The number of hydrogen-bond donors (Lipinski definition) is 0. The molecule has 0 spiro atoms. The zero-order valence-corrected chi connectivity index (χ0v) is 40.7. The van der Waals surface area contributed by atoms with Crippen molar-refractivity contribution in [2.24, 2.45) is 0 Å². The van der Waals surface area contributed by atoms with Gasteiger partial charge in [-0.25, -0.2) is 0 Å². The van der Waals surface area contributed by atoms with E-state index in [0.29, 0.717) is 19.3 Å². The number of carbonyl (C=O) groups is 3. The zero-order chi connectivity index (χ0) is 44.4. The number of hydrogen-bond acceptors (Lipinski definition) is 6. The standard InChI is InChI=1S/C55H100O6/c1-4-7-10-13-16-19-22-25-27-30-32-35-38-41-44-47-53(56)59-50-52(61-55(58)49-46-43-40-37-34-29-24-21-18-15-12-9-6-3)51-60-54(57)48-45-42-39-36-33-31-28-26-23-20-17-14-11-8-5-2/h16,19-20,23,25,27,52H,4-15,17-18,21-22,24,26,28-51H2,1-3H3/b19-16-,23-20-,27-25-/t52-/m1/s1. The van der Waals surface area contributed by atoms with E-state index >= 15 is 0 Å². The van der Waals surface area contributed by atoms with Gasteiger partial charge >= 0.3 is 17.9 Å². The molecule has 6 nitrogen and oxygen atoms in total. The van der Waals surface area contributed by atoms with Crippen LogP contribution < -0.4 is 0 Å². The van der Waals surface area contributed by atoms with Crippen LogP contribution in [0.3, 0.4) is 0 Å². The van der Waals surface area contributed by atoms with Crippen LogP contribution in [-0.2, 0) is 28.6 Å². The van der Waals surface area contributed by atoms with Crippen LogP contribution in [0.25, 0.3) is 0 Å². The average Bonchev–Trinajstić information content (AvgIpc) is 3.26. The van der Waals surface area contributed by atoms with Gasteiger partial charge in [0.05, 0.1) is 0 Å². The molecule has 6 heteroatoms. The molecule has 0 bridgehead atoms. The van der Waals surface area contributed by atoms with Crippen molar-refractivity contribution in [3.05, 3.63) is 36.5 Å². The molecule has 0 rings (SSSR count). The molecule has 0 aliphatic carbocycles. The Bertz CT molecular complexity index is 1030. The van der Waals surface area contributed by atoms with E-state index in [1.165, 1.54) is 161 Å². The number of rotatable bonds is 48. The molecule has 0 aromatic heterocycles. The predicted octanol–water partition coefficient (Wildman–Crippen LogP) is 17.3. The van der Waals surface area contributed by atoms with Crippen LogP contribution in [-0.4, -0.2) is 37.2 Å². The first-order chi connectivity index (χ1) is 30.0. The highest BCUT2D eigenvalue weighted by Gasteiger charge is 2.19. The van der Waals surface area contributed by atoms with Gasteiger partial charge in [0.1, 0.15) is 13.2 Å². The third-order valence-corrected chi connectivity index (χ3v) is 11.6. The highest BCUT2D eigenvalue weighted by atomic mass is 16.6. The number of allylic oxidation sites excluding steroid dienone is 6. The van der Waals surface area contributed by atoms with E-state index in [-0.39, 0.29) is 31.1 Å². The van der Waals surface area contributed by atoms with Crippen molar-refractivity contribution < 1.29 is 28.6 Å². The minimum absolute atomic E-state index is 0.0761. The molecule has 0 N–H and O–H groups in total. The fourth-order valence-corrected chi connectivity index (χ4v) is 7.59. The van der Waals surface area contributed by atoms with Crippen LogP contribution in [0, 0.1) is 0 Å². The SMILES string of the molecule is CCCCC/C=C\C/C=C\CCCCCCCC(=O)OC[C@H](COC(=O)CCCCCCCCC/C=C\CCCCCC)OC(=O)CCCCCCCCCCCCCCC. The minimum atomic E-state index is -0.775. The van der Waals surface area contributed by atoms with E-state index in [2.05, 4.69) is 57.2 Å². The molecule has 0 fully saturated rings. The van der Waals surface area contributed by atoms with Gasteiger partial charge in [0.15, 0.2) is 6.10 Å². The molecule has 61 heavy (non-hydrogen) atoms. The summed E-state index contributed by atoms with van der Waals surface area (Å²) in [5, 5.41) is 0. The second-order valence-electron chi connectivity index (χ2n) is 17.8. The zero-order valence-electron chi connectivity index (χ0n) is 40.7. The summed E-state index contributed by atoms with van der Waals surface area (Å²) in [5.74, 6) is -0.883. The number of ether oxygens (including phenoxy) is 3. The summed E-state index contributed by atoms with van der Waals surface area (Å²) in [7, 11) is 0. The number of carbonyl (C=O) groups excluding carboxylic acids is 3. The Hall–Kier alpha value is -2.37. The molecule has 0 aliphatic heterocycles. The smallest absolute Gasteiger partial charge is 0.306 e. The summed E-state index contributed by atoms with van der Waals surface area (Å²) in [6, 6.07) is 0. The first-order valence-corrected chi connectivity index (χ1v) is 26.5. The number of esters is 3. The highest BCUT2D eigenvalue weighted by Crippen LogP contribution is 2.15. The van der Waals surface area contributed by atoms with Gasteiger partial charge in [-0.3, -0.25) is 14.4 Å². The van der Waals surface area contributed by atoms with Crippen molar-refractivity contribution in [3.63, 3.8) is 0 Å². The van der Waals surface area contributed by atoms with Crippen LogP contribution >= 0.6 is 0 Å². The molecule has 0 saturated heterocycles. The monoisotopic (exact) mass is 857 g/mol. The summed E-state index contributed by atoms with van der Waals surface area (Å²) < 4.78 is 16.8. The molecule has 0 aromatic rings. The molecule has 0 aliphatic rings. The molecule has 0 saturated carbocycles. The summed E-state index contributed by atoms with van der Waals surface area (Å²) in [4.78, 5) is 38.0. The second kappa shape index (κ2) is 50.3. The van der Waals surface area contributed by atoms with Crippen LogP contribution in [0.4, 0.5) is 0 Å². The Kier molecular flexibility index (Phi) is 48.3. The predicted molar refractivity (Wildman–Crippen MR) is 261 cm³/mol. The first kappa shape index (κ1) is 58.6. The van der Waals surface area contributed by atoms with E-state index in [9.17, 15) is 14.4 Å². The van der Waals surface area contributed by atoms with Crippen LogP contribution in [0.15, 0.2) is 36.5 Å². The third kappa shape index (κ3) is 48.5. The Morgan fingerprint density at radius 3 is 0.967 bits per heavy atom. The molecule has 0 heterocycles. The first-order valence-electron chi connectivity index (χ1n) is 26.5. The van der Waals surface area contributed by atoms with Gasteiger partial charge in [0, 0.05) is 19.3 Å². The minimum Gasteiger partial charge on any atom is -0.462 e. The van der Waals surface area contributed by atoms with E-state index in [1.54, 1.807) is 0 Å². The van der Waals surface area contributed by atoms with E-state index in [4.69, 9.17) is 14.2 Å². The van der Waals surface area contributed by atoms with Crippen molar-refractivity contribution in [3.8, 4) is 0 Å². The Morgan fingerprint density at radius 2 is 0.590 bits per heavy atom. The van der Waals surface area contributed by atoms with Crippen molar-refractivity contribution in [1.82, 2.24) is 0 Å². The molecule has 0 aromatic carbocycles. The average molecular weight is 857 g/mol. The molecular weight excluding hydrogens is 757 g/mol. The van der Waals surface area contributed by atoms with Gasteiger partial charge in [-0.1, -0.05) is 218 Å². The highest BCUT2D eigenvalue weighted by molar-refractivity contribution is 5.71. The fourth-order valence-electron chi connectivity index (χ4n) is 7.59. The second-order valence-corrected chi connectivity index (χ2v) is 17.8. The van der Waals surface area contributed by atoms with Crippen molar-refractivity contribution in [1.29, 1.82) is 0 Å². The lowest BCUT2D eigenvalue weighted by atomic mass is 10.0. The van der Waals surface area contributed by atoms with Crippen LogP contribution in [0.1, 0.15) is 278 Å². The quantitative estimate of drug-likeness (QED) is 0.0262. The summed E-state index contributed by atoms with van der Waals surface area (Å²) in [5.41, 5.74) is 0. The molecule has 356 valence electrons. The Morgan fingerprint density at radius 1 is 0.328 bits per heavy atom. The largest absolute Gasteiger partial charge is 0.462 e. The fraction of sp³-hybridized carbons (Fsp3) is 0.836. The lowest BCUT2D eigenvalue weighted by Crippen LogP contribution is -2.30. The van der Waals surface area contributed by atoms with Gasteiger partial charge < -0.3 is 14.2 Å². The third-order valence-electron chi connectivity index (χ3n) is 11.6. The molecule has 0 amide bonds. The molecular formula is C55H100O6. The molecule has 0 unspecified atom stereocenters. The molecule has 0 radical (unpaired) electrons. The summed E-state index contributed by atoms with van der Waals surface area (Å²) in [6.45, 7) is 6.60. The normalized spacial score (nSPS) is 12.2. The van der Waals surface area contributed by atoms with E-state index in [1.807, 2.05) is 0 Å².